The number of piperidine rings is 5. The van der Waals surface area contributed by atoms with Crippen LogP contribution in [0.15, 0.2) is 182 Å². The second kappa shape index (κ2) is 34.7. The minimum Gasteiger partial charge on any atom is -0.368 e. The molecule has 23 rings (SSSR count). The third-order valence-corrected chi connectivity index (χ3v) is 32.2. The zero-order valence-electron chi connectivity index (χ0n) is 74.4. The van der Waals surface area contributed by atoms with Crippen molar-refractivity contribution in [3.8, 4) is 0 Å². The minimum absolute atomic E-state index is 0.269. The van der Waals surface area contributed by atoms with Crippen LogP contribution in [0.3, 0.4) is 0 Å². The van der Waals surface area contributed by atoms with Crippen molar-refractivity contribution in [2.45, 2.75) is 126 Å². The van der Waals surface area contributed by atoms with E-state index < -0.39 is 0 Å². The highest BCUT2D eigenvalue weighted by Gasteiger charge is 2.63. The lowest BCUT2D eigenvalue weighted by Crippen LogP contribution is -2.51. The van der Waals surface area contributed by atoms with Crippen molar-refractivity contribution in [3.05, 3.63) is 210 Å². The Labute approximate surface area is 729 Å². The summed E-state index contributed by atoms with van der Waals surface area (Å²) in [5, 5.41) is 10.6. The molecule has 3 amide bonds. The van der Waals surface area contributed by atoms with Crippen molar-refractivity contribution >= 4 is 57.5 Å². The normalized spacial score (nSPS) is 29.6. The van der Waals surface area contributed by atoms with Crippen molar-refractivity contribution in [2.75, 3.05) is 244 Å². The van der Waals surface area contributed by atoms with Crippen molar-refractivity contribution in [3.63, 3.8) is 0 Å². The number of likely N-dealkylation sites (N-methyl/N-ethyl adjacent to an activating group) is 2. The first-order valence-electron chi connectivity index (χ1n) is 47.8. The largest absolute Gasteiger partial charge is 0.368 e. The van der Waals surface area contributed by atoms with Crippen molar-refractivity contribution in [2.24, 2.45) is 40.9 Å². The van der Waals surface area contributed by atoms with Crippen LogP contribution >= 0.6 is 0 Å². The Balaban J connectivity index is 0.000000100. The topological polar surface area (TPSA) is 126 Å². The van der Waals surface area contributed by atoms with Crippen molar-refractivity contribution < 1.29 is 14.4 Å². The van der Waals surface area contributed by atoms with Crippen LogP contribution in [0.4, 0.5) is 39.8 Å². The fourth-order valence-corrected chi connectivity index (χ4v) is 23.7. The van der Waals surface area contributed by atoms with E-state index in [9.17, 15) is 14.4 Å². The summed E-state index contributed by atoms with van der Waals surface area (Å²) in [4.78, 5) is 65.2. The first-order valence-corrected chi connectivity index (χ1v) is 47.8. The lowest BCUT2D eigenvalue weighted by Gasteiger charge is -2.38. The lowest BCUT2D eigenvalue weighted by atomic mass is 9.94. The number of rotatable bonds is 17. The van der Waals surface area contributed by atoms with Gasteiger partial charge in [-0.3, -0.25) is 14.4 Å². The van der Waals surface area contributed by atoms with Crippen LogP contribution in [0.5, 0.6) is 0 Å². The summed E-state index contributed by atoms with van der Waals surface area (Å²) >= 11 is 0. The molecule has 3 N–H and O–H groups in total. The second-order valence-electron chi connectivity index (χ2n) is 40.4. The third-order valence-electron chi connectivity index (χ3n) is 32.2. The number of piperazine rings is 5. The van der Waals surface area contributed by atoms with E-state index in [0.717, 1.165) is 193 Å². The number of anilines is 7. The number of carbonyl (C=O) groups excluding carboxylic acids is 3. The summed E-state index contributed by atoms with van der Waals surface area (Å²) in [6.07, 6.45) is 10.7. The molecule has 10 aliphatic heterocycles. The van der Waals surface area contributed by atoms with E-state index in [-0.39, 0.29) is 11.3 Å². The Hall–Kier alpha value is -8.65. The summed E-state index contributed by atoms with van der Waals surface area (Å²) in [6.45, 7) is 46.8. The first kappa shape index (κ1) is 82.9. The van der Waals surface area contributed by atoms with E-state index in [1.807, 2.05) is 30.6 Å². The third kappa shape index (κ3) is 17.1. The predicted octanol–water partition coefficient (Wildman–Crippen LogP) is 13.1. The van der Waals surface area contributed by atoms with Gasteiger partial charge >= 0.3 is 0 Å². The average Bonchev–Trinajstić information content (AvgIpc) is 1.59. The van der Waals surface area contributed by atoms with Gasteiger partial charge in [-0.15, -0.1) is 0 Å². The van der Waals surface area contributed by atoms with Crippen LogP contribution in [-0.4, -0.2) is 252 Å². The van der Waals surface area contributed by atoms with Gasteiger partial charge in [0.05, 0.1) is 0 Å². The molecule has 0 aromatic heterocycles. The van der Waals surface area contributed by atoms with Crippen molar-refractivity contribution in [1.82, 2.24) is 40.4 Å². The quantitative estimate of drug-likeness (QED) is 0.0800. The number of amides is 3. The molecule has 16 fully saturated rings. The van der Waals surface area contributed by atoms with Crippen LogP contribution < -0.4 is 50.2 Å². The van der Waals surface area contributed by atoms with E-state index in [0.29, 0.717) is 51.2 Å². The van der Waals surface area contributed by atoms with E-state index in [4.69, 9.17) is 0 Å². The van der Waals surface area contributed by atoms with Crippen LogP contribution in [0.2, 0.25) is 0 Å². The Morgan fingerprint density at radius 1 is 0.328 bits per heavy atom. The van der Waals surface area contributed by atoms with Gasteiger partial charge < -0.3 is 74.7 Å². The summed E-state index contributed by atoms with van der Waals surface area (Å²) < 4.78 is 0. The monoisotopic (exact) mass is 1650 g/mol. The number of benzene rings is 7. The van der Waals surface area contributed by atoms with Gasteiger partial charge in [0.2, 0.25) is 17.7 Å². The van der Waals surface area contributed by atoms with E-state index >= 15 is 0 Å². The molecule has 16 aliphatic rings. The summed E-state index contributed by atoms with van der Waals surface area (Å²) in [6, 6.07) is 68.4. The maximum absolute atomic E-state index is 12.4. The molecule has 0 spiro atoms. The fourth-order valence-electron chi connectivity index (χ4n) is 23.7. The van der Waals surface area contributed by atoms with Gasteiger partial charge in [0.15, 0.2) is 0 Å². The molecule has 7 aromatic carbocycles. The maximum Gasteiger partial charge on any atom is 0.228 e. The zero-order valence-corrected chi connectivity index (χ0v) is 74.4. The van der Waals surface area contributed by atoms with Crippen LogP contribution in [0, 0.1) is 40.9 Å². The number of carbonyl (C=O) groups is 3. The highest BCUT2D eigenvalue weighted by Crippen LogP contribution is 2.62. The number of likely N-dealkylation sites (tertiary alicyclic amines) is 2. The minimum atomic E-state index is -0.279. The van der Waals surface area contributed by atoms with Gasteiger partial charge in [-0.1, -0.05) is 139 Å². The molecular formula is C104H139N15O3. The standard InChI is InChI=1S/C23H29N3.C21H29N3O.C21H25N3.C20H29N3O.C19H27N3O/c1-2-24-17-20-16-23(20,18-24)19-8-10-22(11-9-19)26-14-12-25(13-15-26)21-6-4-3-5-7-21;1-2-22-14-18-13-21(18,15-22)17-5-7-19(8-6-17)23-9-11-24(12-10-23)20(25)16-3-4-16;1-2-4-19(5-3-1)23-10-12-24(13-11-23)20-8-6-17(7-9-20)21-14-18(21)15-22-16-21;1-19(2,3)18(24)23-10-8-22(9-11-23)17-6-4-15(5-7-17)20-12-16(20)13-21-14-20;1-2-3-18(23)22-10-8-21(9-11-22)17-6-4-15(5-7-17)19-12-16(19)13-20-14-19/h3-11,20H,2,12-18H2,1H3;5-8,16,18H,2-4,9-15H2,1H3;1-9,18,22H,10-16H2;4-7,16,21H,8-14H2,1-3H3;4-7,16,20H,2-3,8-14H2,1H3. The Morgan fingerprint density at radius 2 is 0.598 bits per heavy atom. The molecule has 10 heterocycles. The van der Waals surface area contributed by atoms with Gasteiger partial charge in [-0.25, -0.2) is 0 Å². The highest BCUT2D eigenvalue weighted by molar-refractivity contribution is 5.82. The number of hydrogen-bond donors (Lipinski definition) is 3. The molecule has 10 atom stereocenters. The maximum atomic E-state index is 12.4. The summed E-state index contributed by atoms with van der Waals surface area (Å²) in [7, 11) is 0. The van der Waals surface area contributed by atoms with Crippen LogP contribution in [-0.2, 0) is 41.5 Å². The number of fused-ring (bicyclic) bond motifs is 5. The molecule has 6 aliphatic carbocycles. The van der Waals surface area contributed by atoms with Crippen LogP contribution in [0.25, 0.3) is 0 Å². The molecule has 10 saturated heterocycles. The Morgan fingerprint density at radius 3 is 0.852 bits per heavy atom. The Bertz CT molecular complexity index is 4700. The number of hydrogen-bond acceptors (Lipinski definition) is 15. The smallest absolute Gasteiger partial charge is 0.228 e. The Kier molecular flexibility index (Phi) is 23.6. The van der Waals surface area contributed by atoms with Gasteiger partial charge in [-0.05, 0) is 226 Å². The predicted molar refractivity (Wildman–Crippen MR) is 499 cm³/mol. The van der Waals surface area contributed by atoms with Gasteiger partial charge in [0.25, 0.3) is 0 Å². The molecule has 18 heteroatoms. The zero-order chi connectivity index (χ0) is 83.4. The molecule has 10 unspecified atom stereocenters. The number of nitrogens with one attached hydrogen (secondary N) is 3. The van der Waals surface area contributed by atoms with E-state index in [1.165, 1.54) is 148 Å². The molecule has 0 radical (unpaired) electrons. The summed E-state index contributed by atoms with van der Waals surface area (Å²) in [5.74, 6) is 5.73. The molecule has 7 aromatic rings. The molecular weight excluding hydrogens is 1510 g/mol. The second-order valence-corrected chi connectivity index (χ2v) is 40.4. The summed E-state index contributed by atoms with van der Waals surface area (Å²) in [5.41, 5.74) is 19.1. The van der Waals surface area contributed by atoms with Gasteiger partial charge in [0.1, 0.15) is 0 Å². The fraction of sp³-hybridized carbons (Fsp3) is 0.567. The number of para-hydroxylation sites is 2. The van der Waals surface area contributed by atoms with Crippen molar-refractivity contribution in [1.29, 1.82) is 0 Å². The van der Waals surface area contributed by atoms with Crippen LogP contribution in [0.1, 0.15) is 127 Å². The highest BCUT2D eigenvalue weighted by atomic mass is 16.2. The molecule has 18 nitrogen and oxygen atoms in total. The lowest BCUT2D eigenvalue weighted by molar-refractivity contribution is -0.139. The molecule has 6 saturated carbocycles. The van der Waals surface area contributed by atoms with E-state index in [2.05, 4.69) is 268 Å². The SMILES string of the molecule is CC(C)(C)C(=O)N1CCN(c2ccc(C34CNCC3C4)cc2)CC1.CCCC(=O)N1CCN(c2ccc(C34CNCC3C4)cc2)CC1.CCN1CC2CC2(c2ccc(N3CCN(C(=O)C4CC4)CC3)cc2)C1.CCN1CC2CC2(c2ccc(N3CCN(c4ccccc4)CC3)cc2)C1.c1ccc(N2CCN(c3ccc(C45CNCC4C5)cc3)CC2)cc1. The van der Waals surface area contributed by atoms with Gasteiger partial charge in [0, 0.05) is 261 Å². The van der Waals surface area contributed by atoms with Gasteiger partial charge in [-0.2, -0.15) is 0 Å². The molecule has 0 bridgehead atoms. The average molecular weight is 1650 g/mol. The number of nitrogens with zero attached hydrogens (tertiary/aromatic N) is 12. The first-order chi connectivity index (χ1) is 59.5. The molecule has 648 valence electrons. The van der Waals surface area contributed by atoms with E-state index in [1.54, 1.807) is 16.7 Å². The molecule has 122 heavy (non-hydrogen) atoms.